The van der Waals surface area contributed by atoms with Gasteiger partial charge >= 0.3 is 0 Å². The van der Waals surface area contributed by atoms with Crippen molar-refractivity contribution >= 4 is 60.4 Å². The zero-order chi connectivity index (χ0) is 13.6. The summed E-state index contributed by atoms with van der Waals surface area (Å²) in [5.74, 6) is 0.447. The van der Waals surface area contributed by atoms with Crippen LogP contribution in [-0.2, 0) is 0 Å². The van der Waals surface area contributed by atoms with Crippen LogP contribution in [0.1, 0.15) is 0 Å². The van der Waals surface area contributed by atoms with Gasteiger partial charge in [0.25, 0.3) is 0 Å². The van der Waals surface area contributed by atoms with E-state index in [1.807, 2.05) is 41.0 Å². The van der Waals surface area contributed by atoms with Crippen LogP contribution in [0.2, 0.25) is 5.02 Å². The smallest absolute Gasteiger partial charge is 0.205 e. The molecule has 1 heterocycles. The number of imidazole rings is 1. The minimum Gasteiger partial charge on any atom is -0.369 e. The lowest BCUT2D eigenvalue weighted by atomic mass is 10.3. The highest BCUT2D eigenvalue weighted by Crippen LogP contribution is 2.29. The number of nitrogen functional groups attached to an aromatic ring is 1. The van der Waals surface area contributed by atoms with Crippen molar-refractivity contribution in [1.29, 1.82) is 0 Å². The summed E-state index contributed by atoms with van der Waals surface area (Å²) < 4.78 is 3.69. The number of halogens is 3. The molecule has 3 nitrogen and oxygen atoms in total. The van der Waals surface area contributed by atoms with Crippen molar-refractivity contribution in [2.24, 2.45) is 0 Å². The molecule has 0 fully saturated rings. The molecular weight excluding hydrogens is 393 g/mol. The minimum absolute atomic E-state index is 0.447. The first-order valence-corrected chi connectivity index (χ1v) is 7.41. The Bertz CT molecular complexity index is 783. The van der Waals surface area contributed by atoms with Crippen LogP contribution in [0, 0.1) is 0 Å². The number of rotatable bonds is 1. The second-order valence-corrected chi connectivity index (χ2v) is 6.21. The third kappa shape index (κ3) is 2.26. The van der Waals surface area contributed by atoms with Gasteiger partial charge in [-0.3, -0.25) is 4.57 Å². The van der Waals surface area contributed by atoms with Gasteiger partial charge in [0, 0.05) is 8.95 Å². The Labute approximate surface area is 131 Å². The summed E-state index contributed by atoms with van der Waals surface area (Å²) in [7, 11) is 0. The van der Waals surface area contributed by atoms with E-state index in [0.29, 0.717) is 11.0 Å². The maximum Gasteiger partial charge on any atom is 0.205 e. The Balaban J connectivity index is 2.29. The zero-order valence-electron chi connectivity index (χ0n) is 9.57. The van der Waals surface area contributed by atoms with Gasteiger partial charge in [0.1, 0.15) is 0 Å². The van der Waals surface area contributed by atoms with Gasteiger partial charge in [0.05, 0.1) is 21.7 Å². The molecular formula is C13H8Br2ClN3. The van der Waals surface area contributed by atoms with E-state index in [0.717, 1.165) is 25.7 Å². The molecule has 19 heavy (non-hydrogen) atoms. The Morgan fingerprint density at radius 2 is 1.89 bits per heavy atom. The second kappa shape index (κ2) is 4.81. The Kier molecular flexibility index (Phi) is 3.28. The lowest BCUT2D eigenvalue weighted by Crippen LogP contribution is -2.00. The molecule has 0 saturated carbocycles. The molecule has 0 aliphatic carbocycles. The third-order valence-electron chi connectivity index (χ3n) is 2.80. The normalized spacial score (nSPS) is 11.1. The molecule has 0 spiro atoms. The van der Waals surface area contributed by atoms with E-state index in [1.165, 1.54) is 0 Å². The maximum atomic E-state index is 6.01. The molecule has 0 amide bonds. The van der Waals surface area contributed by atoms with Crippen molar-refractivity contribution in [3.8, 4) is 5.69 Å². The van der Waals surface area contributed by atoms with Crippen LogP contribution < -0.4 is 5.73 Å². The summed E-state index contributed by atoms with van der Waals surface area (Å²) in [6.45, 7) is 0. The number of aromatic nitrogens is 2. The average molecular weight is 401 g/mol. The van der Waals surface area contributed by atoms with Crippen LogP contribution in [-0.4, -0.2) is 9.55 Å². The van der Waals surface area contributed by atoms with E-state index in [2.05, 4.69) is 36.8 Å². The number of benzene rings is 2. The number of nitrogens with zero attached hydrogens (tertiary/aromatic N) is 2. The molecule has 6 heteroatoms. The fraction of sp³-hybridized carbons (Fsp3) is 0. The molecule has 2 N–H and O–H groups in total. The number of hydrogen-bond donors (Lipinski definition) is 1. The summed E-state index contributed by atoms with van der Waals surface area (Å²) in [4.78, 5) is 4.36. The molecule has 0 aliphatic heterocycles. The molecule has 3 aromatic rings. The largest absolute Gasteiger partial charge is 0.369 e. The Morgan fingerprint density at radius 3 is 2.63 bits per heavy atom. The number of hydrogen-bond acceptors (Lipinski definition) is 2. The van der Waals surface area contributed by atoms with E-state index in [9.17, 15) is 0 Å². The first-order chi connectivity index (χ1) is 9.06. The van der Waals surface area contributed by atoms with Crippen molar-refractivity contribution in [3.63, 3.8) is 0 Å². The van der Waals surface area contributed by atoms with Gasteiger partial charge in [0.15, 0.2) is 0 Å². The van der Waals surface area contributed by atoms with Crippen molar-refractivity contribution in [2.45, 2.75) is 0 Å². The molecule has 0 aliphatic rings. The second-order valence-electron chi connectivity index (χ2n) is 4.04. The molecule has 0 unspecified atom stereocenters. The average Bonchev–Trinajstić information content (AvgIpc) is 2.68. The predicted molar refractivity (Wildman–Crippen MR) is 85.9 cm³/mol. The Morgan fingerprint density at radius 1 is 1.11 bits per heavy atom. The molecule has 1 aromatic heterocycles. The van der Waals surface area contributed by atoms with Crippen molar-refractivity contribution in [2.75, 3.05) is 5.73 Å². The highest BCUT2D eigenvalue weighted by Gasteiger charge is 2.11. The van der Waals surface area contributed by atoms with Crippen LogP contribution in [0.25, 0.3) is 16.7 Å². The fourth-order valence-electron chi connectivity index (χ4n) is 1.97. The van der Waals surface area contributed by atoms with Crippen molar-refractivity contribution in [3.05, 3.63) is 50.4 Å². The summed E-state index contributed by atoms with van der Waals surface area (Å²) >= 11 is 12.9. The van der Waals surface area contributed by atoms with E-state index in [-0.39, 0.29) is 0 Å². The predicted octanol–water partition coefficient (Wildman–Crippen LogP) is 4.79. The summed E-state index contributed by atoms with van der Waals surface area (Å²) in [6, 6.07) is 11.5. The van der Waals surface area contributed by atoms with Crippen molar-refractivity contribution in [1.82, 2.24) is 9.55 Å². The Hall–Kier alpha value is -1.04. The summed E-state index contributed by atoms with van der Waals surface area (Å²) in [6.07, 6.45) is 0. The van der Waals surface area contributed by atoms with E-state index >= 15 is 0 Å². The highest BCUT2D eigenvalue weighted by atomic mass is 79.9. The van der Waals surface area contributed by atoms with Gasteiger partial charge in [-0.25, -0.2) is 4.98 Å². The zero-order valence-corrected chi connectivity index (χ0v) is 13.5. The van der Waals surface area contributed by atoms with E-state index in [4.69, 9.17) is 17.3 Å². The van der Waals surface area contributed by atoms with Gasteiger partial charge in [0.2, 0.25) is 5.95 Å². The van der Waals surface area contributed by atoms with E-state index < -0.39 is 0 Å². The highest BCUT2D eigenvalue weighted by molar-refractivity contribution is 9.10. The van der Waals surface area contributed by atoms with Gasteiger partial charge in [-0.2, -0.15) is 0 Å². The van der Waals surface area contributed by atoms with E-state index in [1.54, 1.807) is 0 Å². The maximum absolute atomic E-state index is 6.01. The quantitative estimate of drug-likeness (QED) is 0.637. The number of nitrogens with two attached hydrogens (primary N) is 1. The topological polar surface area (TPSA) is 43.8 Å². The molecule has 3 rings (SSSR count). The van der Waals surface area contributed by atoms with Crippen LogP contribution in [0.3, 0.4) is 0 Å². The van der Waals surface area contributed by atoms with Crippen LogP contribution in [0.4, 0.5) is 5.95 Å². The van der Waals surface area contributed by atoms with Crippen LogP contribution in [0.15, 0.2) is 45.3 Å². The standard InChI is InChI=1S/C13H8Br2ClN3/c14-7-1-4-12-11(5-7)18-13(17)19(12)8-2-3-10(16)9(15)6-8/h1-6H,(H2,17,18). The summed E-state index contributed by atoms with van der Waals surface area (Å²) in [5, 5.41) is 0.662. The number of anilines is 1. The first kappa shape index (κ1) is 13.0. The molecule has 0 bridgehead atoms. The molecule has 0 radical (unpaired) electrons. The lowest BCUT2D eigenvalue weighted by molar-refractivity contribution is 1.11. The third-order valence-corrected chi connectivity index (χ3v) is 4.51. The fourth-order valence-corrected chi connectivity index (χ4v) is 2.80. The van der Waals surface area contributed by atoms with Gasteiger partial charge in [-0.05, 0) is 52.3 Å². The summed E-state index contributed by atoms with van der Waals surface area (Å²) in [5.41, 5.74) is 8.73. The number of fused-ring (bicyclic) bond motifs is 1. The SMILES string of the molecule is Nc1nc2cc(Br)ccc2n1-c1ccc(Cl)c(Br)c1. The van der Waals surface area contributed by atoms with Crippen molar-refractivity contribution < 1.29 is 0 Å². The monoisotopic (exact) mass is 399 g/mol. The van der Waals surface area contributed by atoms with Crippen LogP contribution >= 0.6 is 43.5 Å². The molecule has 0 saturated heterocycles. The molecule has 2 aromatic carbocycles. The lowest BCUT2D eigenvalue weighted by Gasteiger charge is -2.07. The molecule has 96 valence electrons. The molecule has 0 atom stereocenters. The van der Waals surface area contributed by atoms with Gasteiger partial charge < -0.3 is 5.73 Å². The first-order valence-electron chi connectivity index (χ1n) is 5.45. The van der Waals surface area contributed by atoms with Crippen LogP contribution in [0.5, 0.6) is 0 Å². The minimum atomic E-state index is 0.447. The van der Waals surface area contributed by atoms with Gasteiger partial charge in [-0.15, -0.1) is 0 Å². The van der Waals surface area contributed by atoms with Gasteiger partial charge in [-0.1, -0.05) is 27.5 Å².